The van der Waals surface area contributed by atoms with E-state index in [0.29, 0.717) is 19.8 Å². The highest BCUT2D eigenvalue weighted by atomic mass is 35.5. The molecule has 3 rings (SSSR count). The van der Waals surface area contributed by atoms with Crippen molar-refractivity contribution in [3.63, 3.8) is 0 Å². The molecule has 0 bridgehead atoms. The van der Waals surface area contributed by atoms with Crippen molar-refractivity contribution in [3.05, 3.63) is 22.7 Å². The standard InChI is InChI=1S/C15H20ClNO2/c16-11-4-5-12-14(19-9-3-8-18-12)13(11)15(10-17)6-1-2-7-15/h4-5H,1-3,6-10,17H2. The number of nitrogens with two attached hydrogens (primary N) is 1. The van der Waals surface area contributed by atoms with Gasteiger partial charge in [0.1, 0.15) is 0 Å². The number of rotatable bonds is 2. The Kier molecular flexibility index (Phi) is 3.59. The molecule has 2 N–H and O–H groups in total. The molecule has 0 saturated heterocycles. The minimum atomic E-state index is -0.0316. The Morgan fingerprint density at radius 1 is 1.11 bits per heavy atom. The zero-order chi connectivity index (χ0) is 13.3. The third kappa shape index (κ3) is 2.19. The molecule has 1 heterocycles. The largest absolute Gasteiger partial charge is 0.490 e. The topological polar surface area (TPSA) is 44.5 Å². The molecule has 0 unspecified atom stereocenters. The highest BCUT2D eigenvalue weighted by Gasteiger charge is 2.39. The fourth-order valence-electron chi connectivity index (χ4n) is 3.31. The van der Waals surface area contributed by atoms with E-state index < -0.39 is 0 Å². The molecule has 0 amide bonds. The van der Waals surface area contributed by atoms with Crippen LogP contribution in [-0.4, -0.2) is 19.8 Å². The second kappa shape index (κ2) is 5.22. The molecule has 0 radical (unpaired) electrons. The van der Waals surface area contributed by atoms with Crippen LogP contribution in [-0.2, 0) is 5.41 Å². The summed E-state index contributed by atoms with van der Waals surface area (Å²) >= 11 is 6.47. The number of hydrogen-bond acceptors (Lipinski definition) is 3. The summed E-state index contributed by atoms with van der Waals surface area (Å²) in [7, 11) is 0. The molecular weight excluding hydrogens is 262 g/mol. The Bertz CT molecular complexity index is 469. The second-order valence-corrected chi connectivity index (χ2v) is 5.90. The lowest BCUT2D eigenvalue weighted by Gasteiger charge is -2.31. The average Bonchev–Trinajstić information content (AvgIpc) is 2.78. The van der Waals surface area contributed by atoms with Crippen molar-refractivity contribution in [1.29, 1.82) is 0 Å². The molecule has 0 aromatic heterocycles. The third-order valence-corrected chi connectivity index (χ3v) is 4.66. The normalized spacial score (nSPS) is 21.2. The number of ether oxygens (including phenoxy) is 2. The molecule has 1 fully saturated rings. The van der Waals surface area contributed by atoms with E-state index in [4.69, 9.17) is 26.8 Å². The van der Waals surface area contributed by atoms with E-state index in [1.807, 2.05) is 12.1 Å². The average molecular weight is 282 g/mol. The van der Waals surface area contributed by atoms with E-state index >= 15 is 0 Å². The Morgan fingerprint density at radius 2 is 1.84 bits per heavy atom. The molecule has 2 aliphatic rings. The van der Waals surface area contributed by atoms with Crippen LogP contribution in [0.4, 0.5) is 0 Å². The van der Waals surface area contributed by atoms with E-state index in [9.17, 15) is 0 Å². The Hall–Kier alpha value is -0.930. The van der Waals surface area contributed by atoms with Gasteiger partial charge in [-0.15, -0.1) is 0 Å². The molecule has 1 aromatic carbocycles. The number of halogens is 1. The van der Waals surface area contributed by atoms with Gasteiger partial charge in [-0.2, -0.15) is 0 Å². The maximum absolute atomic E-state index is 6.47. The van der Waals surface area contributed by atoms with Crippen molar-refractivity contribution in [2.24, 2.45) is 5.73 Å². The van der Waals surface area contributed by atoms with Crippen LogP contribution in [0, 0.1) is 0 Å². The van der Waals surface area contributed by atoms with Gasteiger partial charge in [-0.05, 0) is 25.0 Å². The number of hydrogen-bond donors (Lipinski definition) is 1. The first-order chi connectivity index (χ1) is 9.27. The summed E-state index contributed by atoms with van der Waals surface area (Å²) in [4.78, 5) is 0. The molecule has 4 heteroatoms. The lowest BCUT2D eigenvalue weighted by Crippen LogP contribution is -2.33. The smallest absolute Gasteiger partial charge is 0.166 e. The van der Waals surface area contributed by atoms with Gasteiger partial charge >= 0.3 is 0 Å². The van der Waals surface area contributed by atoms with E-state index in [2.05, 4.69) is 0 Å². The van der Waals surface area contributed by atoms with Gasteiger partial charge in [0.2, 0.25) is 0 Å². The molecule has 19 heavy (non-hydrogen) atoms. The van der Waals surface area contributed by atoms with Gasteiger partial charge in [-0.25, -0.2) is 0 Å². The van der Waals surface area contributed by atoms with Crippen LogP contribution in [0.25, 0.3) is 0 Å². The van der Waals surface area contributed by atoms with Gasteiger partial charge in [-0.1, -0.05) is 24.4 Å². The fourth-order valence-corrected chi connectivity index (χ4v) is 3.66. The molecule has 0 atom stereocenters. The van der Waals surface area contributed by atoms with Crippen LogP contribution in [0.2, 0.25) is 5.02 Å². The van der Waals surface area contributed by atoms with Crippen molar-refractivity contribution >= 4 is 11.6 Å². The molecule has 104 valence electrons. The monoisotopic (exact) mass is 281 g/mol. The number of benzene rings is 1. The maximum Gasteiger partial charge on any atom is 0.166 e. The predicted molar refractivity (Wildman–Crippen MR) is 76.3 cm³/mol. The molecule has 1 aromatic rings. The van der Waals surface area contributed by atoms with Crippen LogP contribution < -0.4 is 15.2 Å². The molecule has 0 spiro atoms. The van der Waals surface area contributed by atoms with E-state index in [1.54, 1.807) is 0 Å². The van der Waals surface area contributed by atoms with Crippen molar-refractivity contribution in [3.8, 4) is 11.5 Å². The van der Waals surface area contributed by atoms with Crippen LogP contribution in [0.1, 0.15) is 37.7 Å². The molecule has 1 aliphatic heterocycles. The zero-order valence-corrected chi connectivity index (χ0v) is 11.8. The second-order valence-electron chi connectivity index (χ2n) is 5.49. The van der Waals surface area contributed by atoms with Crippen LogP contribution in [0.15, 0.2) is 12.1 Å². The summed E-state index contributed by atoms with van der Waals surface area (Å²) in [5.74, 6) is 1.65. The Labute approximate surface area is 119 Å². The van der Waals surface area contributed by atoms with Gasteiger partial charge in [0.15, 0.2) is 11.5 Å². The van der Waals surface area contributed by atoms with Crippen molar-refractivity contribution in [2.45, 2.75) is 37.5 Å². The van der Waals surface area contributed by atoms with Crippen molar-refractivity contribution in [2.75, 3.05) is 19.8 Å². The lowest BCUT2D eigenvalue weighted by atomic mass is 9.78. The molecule has 3 nitrogen and oxygen atoms in total. The van der Waals surface area contributed by atoms with Gasteiger partial charge in [-0.3, -0.25) is 0 Å². The van der Waals surface area contributed by atoms with E-state index in [1.165, 1.54) is 12.8 Å². The van der Waals surface area contributed by atoms with Gasteiger partial charge < -0.3 is 15.2 Å². The highest BCUT2D eigenvalue weighted by Crippen LogP contribution is 2.50. The Morgan fingerprint density at radius 3 is 2.58 bits per heavy atom. The van der Waals surface area contributed by atoms with Gasteiger partial charge in [0, 0.05) is 29.0 Å². The highest BCUT2D eigenvalue weighted by molar-refractivity contribution is 6.31. The quantitative estimate of drug-likeness (QED) is 0.905. The van der Waals surface area contributed by atoms with E-state index in [-0.39, 0.29) is 5.41 Å². The fraction of sp³-hybridized carbons (Fsp3) is 0.600. The number of fused-ring (bicyclic) bond motifs is 1. The van der Waals surface area contributed by atoms with Crippen LogP contribution >= 0.6 is 11.6 Å². The summed E-state index contributed by atoms with van der Waals surface area (Å²) in [6, 6.07) is 3.83. The summed E-state index contributed by atoms with van der Waals surface area (Å²) in [6.07, 6.45) is 5.49. The van der Waals surface area contributed by atoms with Crippen molar-refractivity contribution < 1.29 is 9.47 Å². The molecule has 1 saturated carbocycles. The first-order valence-corrected chi connectivity index (χ1v) is 7.43. The van der Waals surface area contributed by atoms with Gasteiger partial charge in [0.05, 0.1) is 13.2 Å². The SMILES string of the molecule is NCC1(c2c(Cl)ccc3c2OCCCO3)CCCC1. The predicted octanol–water partition coefficient (Wildman–Crippen LogP) is 3.27. The minimum absolute atomic E-state index is 0.0316. The first-order valence-electron chi connectivity index (χ1n) is 7.05. The lowest BCUT2D eigenvalue weighted by molar-refractivity contribution is 0.293. The summed E-state index contributed by atoms with van der Waals surface area (Å²) in [5.41, 5.74) is 7.13. The summed E-state index contributed by atoms with van der Waals surface area (Å²) in [6.45, 7) is 2.00. The molecule has 1 aliphatic carbocycles. The summed E-state index contributed by atoms with van der Waals surface area (Å²) < 4.78 is 11.7. The van der Waals surface area contributed by atoms with Gasteiger partial charge in [0.25, 0.3) is 0 Å². The van der Waals surface area contributed by atoms with Crippen LogP contribution in [0.3, 0.4) is 0 Å². The Balaban J connectivity index is 2.13. The minimum Gasteiger partial charge on any atom is -0.490 e. The van der Waals surface area contributed by atoms with Crippen molar-refractivity contribution in [1.82, 2.24) is 0 Å². The third-order valence-electron chi connectivity index (χ3n) is 4.35. The first kappa shape index (κ1) is 13.1. The zero-order valence-electron chi connectivity index (χ0n) is 11.1. The molecular formula is C15H20ClNO2. The summed E-state index contributed by atoms with van der Waals surface area (Å²) in [5, 5.41) is 0.761. The maximum atomic E-state index is 6.47. The van der Waals surface area contributed by atoms with E-state index in [0.717, 1.165) is 41.3 Å². The van der Waals surface area contributed by atoms with Crippen LogP contribution in [0.5, 0.6) is 11.5 Å².